The van der Waals surface area contributed by atoms with Gasteiger partial charge in [0.2, 0.25) is 17.5 Å². The van der Waals surface area contributed by atoms with Gasteiger partial charge in [-0.05, 0) is 24.0 Å². The van der Waals surface area contributed by atoms with E-state index in [2.05, 4.69) is 15.9 Å². The Balaban J connectivity index is 2.02. The zero-order chi connectivity index (χ0) is 24.8. The van der Waals surface area contributed by atoms with Crippen LogP contribution in [0.4, 0.5) is 11.5 Å². The lowest BCUT2D eigenvalue weighted by molar-refractivity contribution is -0.129. The van der Waals surface area contributed by atoms with E-state index in [-0.39, 0.29) is 41.1 Å². The third kappa shape index (κ3) is 5.30. The van der Waals surface area contributed by atoms with Crippen molar-refractivity contribution in [3.63, 3.8) is 0 Å². The van der Waals surface area contributed by atoms with Crippen LogP contribution in [0.25, 0.3) is 4.85 Å². The monoisotopic (exact) mass is 478 g/mol. The van der Waals surface area contributed by atoms with E-state index in [9.17, 15) is 20.0 Å². The number of nitrogens with zero attached hydrogens (tertiary/aromatic N) is 5. The molecule has 0 spiro atoms. The van der Waals surface area contributed by atoms with Crippen molar-refractivity contribution in [2.24, 2.45) is 5.73 Å². The van der Waals surface area contributed by atoms with Gasteiger partial charge in [-0.2, -0.15) is 5.26 Å². The number of likely N-dealkylation sites (N-methyl/N-ethyl adjacent to an activating group) is 1. The Morgan fingerprint density at radius 3 is 2.68 bits per heavy atom. The van der Waals surface area contributed by atoms with Crippen LogP contribution in [-0.4, -0.2) is 59.6 Å². The van der Waals surface area contributed by atoms with Gasteiger partial charge >= 0.3 is 0 Å². The third-order valence-corrected chi connectivity index (χ3v) is 6.90. The minimum atomic E-state index is -0.782. The van der Waals surface area contributed by atoms with Crippen molar-refractivity contribution in [2.75, 3.05) is 31.6 Å². The molecule has 1 fully saturated rings. The fourth-order valence-electron chi connectivity index (χ4n) is 3.89. The first kappa shape index (κ1) is 25.0. The van der Waals surface area contributed by atoms with Crippen LogP contribution in [0.15, 0.2) is 35.4 Å². The van der Waals surface area contributed by atoms with Crippen LogP contribution in [0.3, 0.4) is 0 Å². The SMILES string of the molecule is [C-]#[N+]c1c(N(C)CC(=O)N2CC[C@@H](O)C2)nc(SC(C(N)=O)c2ccccc2)c(C#N)c1CC. The molecule has 2 aromatic rings. The van der Waals surface area contributed by atoms with E-state index >= 15 is 0 Å². The molecule has 176 valence electrons. The summed E-state index contributed by atoms with van der Waals surface area (Å²) in [6, 6.07) is 11.1. The summed E-state index contributed by atoms with van der Waals surface area (Å²) in [6.07, 6.45) is 0.405. The lowest BCUT2D eigenvalue weighted by Crippen LogP contribution is -2.38. The molecule has 1 aromatic carbocycles. The smallest absolute Gasteiger partial charge is 0.242 e. The molecule has 3 rings (SSSR count). The Morgan fingerprint density at radius 1 is 1.44 bits per heavy atom. The fraction of sp³-hybridized carbons (Fsp3) is 0.375. The first-order chi connectivity index (χ1) is 16.3. The summed E-state index contributed by atoms with van der Waals surface area (Å²) in [4.78, 5) is 36.4. The van der Waals surface area contributed by atoms with Gasteiger partial charge in [0.05, 0.1) is 24.8 Å². The first-order valence-corrected chi connectivity index (χ1v) is 11.7. The van der Waals surface area contributed by atoms with Crippen LogP contribution in [0, 0.1) is 17.9 Å². The molecule has 1 unspecified atom stereocenters. The second kappa shape index (κ2) is 11.0. The summed E-state index contributed by atoms with van der Waals surface area (Å²) in [7, 11) is 1.66. The van der Waals surface area contributed by atoms with Crippen LogP contribution < -0.4 is 10.6 Å². The molecule has 1 aliphatic heterocycles. The van der Waals surface area contributed by atoms with Crippen molar-refractivity contribution in [1.82, 2.24) is 9.88 Å². The van der Waals surface area contributed by atoms with E-state index in [4.69, 9.17) is 12.3 Å². The molecule has 2 heterocycles. The summed E-state index contributed by atoms with van der Waals surface area (Å²) in [5, 5.41) is 19.1. The molecule has 9 nitrogen and oxygen atoms in total. The second-order valence-electron chi connectivity index (χ2n) is 7.97. The predicted octanol–water partition coefficient (Wildman–Crippen LogP) is 2.41. The molecule has 0 saturated carbocycles. The van der Waals surface area contributed by atoms with E-state index < -0.39 is 17.3 Å². The Kier molecular flexibility index (Phi) is 8.11. The molecular weight excluding hydrogens is 452 g/mol. The average molecular weight is 479 g/mol. The Morgan fingerprint density at radius 2 is 2.15 bits per heavy atom. The van der Waals surface area contributed by atoms with Crippen molar-refractivity contribution in [3.05, 3.63) is 58.4 Å². The van der Waals surface area contributed by atoms with Gasteiger partial charge in [0.15, 0.2) is 0 Å². The Labute approximate surface area is 203 Å². The number of nitrogens with two attached hydrogens (primary N) is 1. The van der Waals surface area contributed by atoms with Gasteiger partial charge in [0, 0.05) is 20.1 Å². The lowest BCUT2D eigenvalue weighted by Gasteiger charge is -2.25. The van der Waals surface area contributed by atoms with Crippen LogP contribution in [0.2, 0.25) is 0 Å². The number of rotatable bonds is 8. The number of likely N-dealkylation sites (tertiary alicyclic amines) is 1. The van der Waals surface area contributed by atoms with Crippen molar-refractivity contribution >= 4 is 35.1 Å². The van der Waals surface area contributed by atoms with Crippen LogP contribution >= 0.6 is 11.8 Å². The van der Waals surface area contributed by atoms with Gasteiger partial charge in [0.25, 0.3) is 0 Å². The van der Waals surface area contributed by atoms with Gasteiger partial charge in [-0.1, -0.05) is 49.0 Å². The number of aromatic nitrogens is 1. The maximum absolute atomic E-state index is 12.7. The quantitative estimate of drug-likeness (QED) is 0.440. The topological polar surface area (TPSA) is 128 Å². The van der Waals surface area contributed by atoms with Gasteiger partial charge in [-0.15, -0.1) is 0 Å². The summed E-state index contributed by atoms with van der Waals surface area (Å²) in [5.41, 5.74) is 7.30. The van der Waals surface area contributed by atoms with Crippen molar-refractivity contribution in [1.29, 1.82) is 5.26 Å². The zero-order valence-corrected chi connectivity index (χ0v) is 19.9. The van der Waals surface area contributed by atoms with Gasteiger partial charge < -0.3 is 20.6 Å². The summed E-state index contributed by atoms with van der Waals surface area (Å²) in [5.74, 6) is -0.503. The predicted molar refractivity (Wildman–Crippen MR) is 129 cm³/mol. The second-order valence-corrected chi connectivity index (χ2v) is 9.06. The molecule has 0 radical (unpaired) electrons. The maximum atomic E-state index is 12.7. The average Bonchev–Trinajstić information content (AvgIpc) is 3.28. The number of carbonyl (C=O) groups excluding carboxylic acids is 2. The maximum Gasteiger partial charge on any atom is 0.242 e. The normalized spacial score (nSPS) is 15.9. The largest absolute Gasteiger partial charge is 0.391 e. The molecule has 3 N–H and O–H groups in total. The minimum absolute atomic E-state index is 0.0423. The number of β-amino-alcohol motifs (C(OH)–C–C–N with tert-alkyl or cyclic N) is 1. The van der Waals surface area contributed by atoms with E-state index in [1.807, 2.05) is 13.0 Å². The molecular formula is C24H26N6O3S. The molecule has 1 aromatic heterocycles. The van der Waals surface area contributed by atoms with Gasteiger partial charge in [-0.3, -0.25) is 9.59 Å². The number of primary amides is 1. The van der Waals surface area contributed by atoms with Crippen molar-refractivity contribution < 1.29 is 14.7 Å². The molecule has 0 bridgehead atoms. The molecule has 2 atom stereocenters. The van der Waals surface area contributed by atoms with Gasteiger partial charge in [0.1, 0.15) is 22.2 Å². The Hall–Kier alpha value is -3.60. The highest BCUT2D eigenvalue weighted by atomic mass is 32.2. The summed E-state index contributed by atoms with van der Waals surface area (Å²) < 4.78 is 0. The highest BCUT2D eigenvalue weighted by molar-refractivity contribution is 8.00. The number of aliphatic hydroxyl groups excluding tert-OH is 1. The van der Waals surface area contributed by atoms with E-state index in [1.54, 1.807) is 41.1 Å². The number of benzene rings is 1. The molecule has 0 aliphatic carbocycles. The number of hydrogen-bond donors (Lipinski definition) is 2. The number of pyridine rings is 1. The highest BCUT2D eigenvalue weighted by Gasteiger charge is 2.29. The lowest BCUT2D eigenvalue weighted by atomic mass is 10.1. The number of hydrogen-bond acceptors (Lipinski definition) is 7. The minimum Gasteiger partial charge on any atom is -0.391 e. The molecule has 10 heteroatoms. The number of amides is 2. The van der Waals surface area contributed by atoms with E-state index in [0.717, 1.165) is 11.8 Å². The molecule has 34 heavy (non-hydrogen) atoms. The van der Waals surface area contributed by atoms with Gasteiger partial charge in [-0.25, -0.2) is 9.83 Å². The first-order valence-electron chi connectivity index (χ1n) is 10.8. The third-order valence-electron chi connectivity index (χ3n) is 5.64. The molecule has 1 saturated heterocycles. The number of aliphatic hydroxyl groups is 1. The van der Waals surface area contributed by atoms with Crippen LogP contribution in [0.5, 0.6) is 0 Å². The fourth-order valence-corrected chi connectivity index (χ4v) is 4.95. The highest BCUT2D eigenvalue weighted by Crippen LogP contribution is 2.42. The molecule has 2 amide bonds. The zero-order valence-electron chi connectivity index (χ0n) is 19.1. The molecule has 1 aliphatic rings. The number of thioether (sulfide) groups is 1. The Bertz CT molecular complexity index is 1160. The standard InChI is InChI=1S/C24H26N6O3S/c1-4-17-18(12-25)24(34-21(22(26)33)15-8-6-5-7-9-15)28-23(20(17)27-2)29(3)14-19(32)30-11-10-16(31)13-30/h5-9,16,21,31H,4,10-11,13-14H2,1,3H3,(H2,26,33)/t16-,21?/m1/s1. The van der Waals surface area contributed by atoms with E-state index in [1.165, 1.54) is 0 Å². The van der Waals surface area contributed by atoms with Crippen LogP contribution in [0.1, 0.15) is 35.3 Å². The summed E-state index contributed by atoms with van der Waals surface area (Å²) in [6.45, 7) is 10.3. The summed E-state index contributed by atoms with van der Waals surface area (Å²) >= 11 is 1.06. The van der Waals surface area contributed by atoms with Crippen LogP contribution in [-0.2, 0) is 16.0 Å². The van der Waals surface area contributed by atoms with Crippen molar-refractivity contribution in [2.45, 2.75) is 36.1 Å². The number of nitriles is 1. The number of carbonyl (C=O) groups is 2. The van der Waals surface area contributed by atoms with E-state index in [0.29, 0.717) is 30.5 Å². The van der Waals surface area contributed by atoms with Crippen molar-refractivity contribution in [3.8, 4) is 6.07 Å². The number of anilines is 1.